The topological polar surface area (TPSA) is 65.5 Å². The van der Waals surface area contributed by atoms with E-state index in [1.165, 1.54) is 11.5 Å². The summed E-state index contributed by atoms with van der Waals surface area (Å²) in [5.74, 6) is 1.29. The van der Waals surface area contributed by atoms with Gasteiger partial charge in [0, 0.05) is 23.1 Å². The Morgan fingerprint density at radius 2 is 1.68 bits per heavy atom. The van der Waals surface area contributed by atoms with E-state index < -0.39 is 0 Å². The lowest BCUT2D eigenvalue weighted by molar-refractivity contribution is 0.250. The van der Waals surface area contributed by atoms with Crippen molar-refractivity contribution in [2.75, 3.05) is 0 Å². The van der Waals surface area contributed by atoms with E-state index in [-0.39, 0.29) is 12.2 Å². The molecule has 5 aromatic rings. The number of hydrogen-bond acceptors (Lipinski definition) is 5. The highest BCUT2D eigenvalue weighted by Crippen LogP contribution is 2.25. The molecule has 0 fully saturated rings. The Morgan fingerprint density at radius 3 is 2.61 bits per heavy atom. The third-order valence-electron chi connectivity index (χ3n) is 4.58. The number of aromatic nitrogens is 1. The minimum atomic E-state index is -0.371. The van der Waals surface area contributed by atoms with Gasteiger partial charge in [0.2, 0.25) is 0 Å². The van der Waals surface area contributed by atoms with Crippen LogP contribution in [0.3, 0.4) is 0 Å². The molecule has 0 saturated carbocycles. The van der Waals surface area contributed by atoms with Crippen LogP contribution in [0.2, 0.25) is 0 Å². The van der Waals surface area contributed by atoms with Gasteiger partial charge in [-0.05, 0) is 41.1 Å². The van der Waals surface area contributed by atoms with Crippen molar-refractivity contribution in [3.63, 3.8) is 0 Å². The van der Waals surface area contributed by atoms with Crippen LogP contribution in [0.15, 0.2) is 92.6 Å². The normalized spacial score (nSPS) is 11.1. The summed E-state index contributed by atoms with van der Waals surface area (Å²) >= 11 is 0. The van der Waals surface area contributed by atoms with Crippen LogP contribution >= 0.6 is 0 Å². The van der Waals surface area contributed by atoms with Crippen molar-refractivity contribution >= 4 is 21.7 Å². The quantitative estimate of drug-likeness (QED) is 0.408. The molecule has 0 amide bonds. The van der Waals surface area contributed by atoms with Gasteiger partial charge in [-0.3, -0.25) is 0 Å². The molecule has 0 saturated heterocycles. The first kappa shape index (κ1) is 16.3. The van der Waals surface area contributed by atoms with Gasteiger partial charge in [-0.1, -0.05) is 41.6 Å². The zero-order chi connectivity index (χ0) is 18.9. The van der Waals surface area contributed by atoms with Crippen molar-refractivity contribution in [2.45, 2.75) is 6.61 Å². The largest absolute Gasteiger partial charge is 0.486 e. The fourth-order valence-electron chi connectivity index (χ4n) is 3.16. The lowest BCUT2D eigenvalue weighted by atomic mass is 10.1. The maximum Gasteiger partial charge on any atom is 0.336 e. The lowest BCUT2D eigenvalue weighted by Gasteiger charge is -2.04. The van der Waals surface area contributed by atoms with Crippen molar-refractivity contribution in [3.05, 3.63) is 95.0 Å². The molecule has 5 rings (SSSR count). The summed E-state index contributed by atoms with van der Waals surface area (Å²) in [5, 5.41) is 7.30. The number of nitrogens with zero attached hydrogens (tertiary/aromatic N) is 1. The molecule has 0 aliphatic heterocycles. The summed E-state index contributed by atoms with van der Waals surface area (Å²) < 4.78 is 16.3. The van der Waals surface area contributed by atoms with Crippen LogP contribution in [-0.2, 0) is 6.61 Å². The lowest BCUT2D eigenvalue weighted by Crippen LogP contribution is -1.96. The molecule has 0 bridgehead atoms. The average Bonchev–Trinajstić information content (AvgIpc) is 3.21. The van der Waals surface area contributed by atoms with Gasteiger partial charge in [0.05, 0.1) is 0 Å². The first-order valence-corrected chi connectivity index (χ1v) is 8.86. The third kappa shape index (κ3) is 3.14. The Morgan fingerprint density at radius 1 is 0.821 bits per heavy atom. The van der Waals surface area contributed by atoms with Crippen molar-refractivity contribution in [2.24, 2.45) is 0 Å². The van der Waals surface area contributed by atoms with E-state index in [1.807, 2.05) is 30.3 Å². The monoisotopic (exact) mass is 369 g/mol. The molecule has 0 aliphatic rings. The van der Waals surface area contributed by atoms with E-state index in [0.29, 0.717) is 17.1 Å². The molecule has 2 heterocycles. The molecule has 0 unspecified atom stereocenters. The first-order valence-electron chi connectivity index (χ1n) is 8.86. The Hall–Kier alpha value is -3.86. The van der Waals surface area contributed by atoms with Crippen LogP contribution < -0.4 is 10.4 Å². The zero-order valence-electron chi connectivity index (χ0n) is 14.8. The van der Waals surface area contributed by atoms with Crippen LogP contribution in [0.1, 0.15) is 5.76 Å². The molecule has 0 radical (unpaired) electrons. The molecule has 3 aromatic carbocycles. The Labute approximate surface area is 159 Å². The predicted molar refractivity (Wildman–Crippen MR) is 106 cm³/mol. The highest BCUT2D eigenvalue weighted by atomic mass is 16.5. The molecular weight excluding hydrogens is 354 g/mol. The van der Waals surface area contributed by atoms with E-state index in [0.717, 1.165) is 22.0 Å². The fraction of sp³-hybridized carbons (Fsp3) is 0.0435. The second-order valence-electron chi connectivity index (χ2n) is 6.48. The van der Waals surface area contributed by atoms with E-state index in [2.05, 4.69) is 29.4 Å². The molecule has 0 aliphatic carbocycles. The second-order valence-corrected chi connectivity index (χ2v) is 6.48. The molecule has 0 N–H and O–H groups in total. The van der Waals surface area contributed by atoms with Gasteiger partial charge in [0.15, 0.2) is 5.76 Å². The van der Waals surface area contributed by atoms with Crippen LogP contribution in [0, 0.1) is 0 Å². The second kappa shape index (κ2) is 6.70. The van der Waals surface area contributed by atoms with E-state index in [1.54, 1.807) is 18.2 Å². The first-order chi connectivity index (χ1) is 13.7. The Balaban J connectivity index is 1.34. The summed E-state index contributed by atoms with van der Waals surface area (Å²) in [6.45, 7) is 0.253. The molecule has 0 spiro atoms. The Bertz CT molecular complexity index is 1350. The molecule has 28 heavy (non-hydrogen) atoms. The molecule has 2 aromatic heterocycles. The predicted octanol–water partition coefficient (Wildman–Crippen LogP) is 5.18. The molecular formula is C23H15NO4. The number of ether oxygens (including phenoxy) is 1. The fourth-order valence-corrected chi connectivity index (χ4v) is 3.16. The molecule has 0 atom stereocenters. The van der Waals surface area contributed by atoms with Crippen LogP contribution in [0.5, 0.6) is 5.75 Å². The minimum absolute atomic E-state index is 0.253. The highest BCUT2D eigenvalue weighted by molar-refractivity contribution is 5.86. The van der Waals surface area contributed by atoms with Crippen LogP contribution in [-0.4, -0.2) is 5.16 Å². The van der Waals surface area contributed by atoms with Gasteiger partial charge in [-0.2, -0.15) is 0 Å². The Kier molecular flexibility index (Phi) is 3.91. The summed E-state index contributed by atoms with van der Waals surface area (Å²) in [4.78, 5) is 11.3. The maximum atomic E-state index is 11.3. The highest BCUT2D eigenvalue weighted by Gasteiger charge is 2.09. The number of hydrogen-bond donors (Lipinski definition) is 0. The van der Waals surface area contributed by atoms with E-state index in [4.69, 9.17) is 13.7 Å². The number of rotatable bonds is 4. The SMILES string of the molecule is O=c1ccc2cc(OCc3cc(-c4ccc5ccccc5c4)no3)ccc2o1. The summed E-state index contributed by atoms with van der Waals surface area (Å²) in [5.41, 5.74) is 1.92. The zero-order valence-corrected chi connectivity index (χ0v) is 14.8. The van der Waals surface area contributed by atoms with Gasteiger partial charge in [-0.15, -0.1) is 0 Å². The van der Waals surface area contributed by atoms with Crippen molar-refractivity contribution in [1.29, 1.82) is 0 Å². The van der Waals surface area contributed by atoms with Crippen LogP contribution in [0.4, 0.5) is 0 Å². The van der Waals surface area contributed by atoms with Gasteiger partial charge in [0.25, 0.3) is 0 Å². The van der Waals surface area contributed by atoms with Crippen LogP contribution in [0.25, 0.3) is 33.0 Å². The molecule has 5 nitrogen and oxygen atoms in total. The standard InChI is InChI=1S/C23H15NO4/c25-23-10-7-18-12-19(8-9-22(18)27-23)26-14-20-13-21(24-28-20)17-6-5-15-3-1-2-4-16(15)11-17/h1-13H,14H2. The smallest absolute Gasteiger partial charge is 0.336 e. The number of fused-ring (bicyclic) bond motifs is 2. The van der Waals surface area contributed by atoms with E-state index in [9.17, 15) is 4.79 Å². The maximum absolute atomic E-state index is 11.3. The number of benzene rings is 3. The van der Waals surface area contributed by atoms with E-state index >= 15 is 0 Å². The summed E-state index contributed by atoms with van der Waals surface area (Å²) in [6, 6.07) is 24.7. The van der Waals surface area contributed by atoms with Gasteiger partial charge in [0.1, 0.15) is 23.6 Å². The minimum Gasteiger partial charge on any atom is -0.486 e. The molecule has 5 heteroatoms. The summed E-state index contributed by atoms with van der Waals surface area (Å²) in [7, 11) is 0. The van der Waals surface area contributed by atoms with Crippen molar-refractivity contribution < 1.29 is 13.7 Å². The van der Waals surface area contributed by atoms with Crippen molar-refractivity contribution in [3.8, 4) is 17.0 Å². The van der Waals surface area contributed by atoms with Crippen molar-refractivity contribution in [1.82, 2.24) is 5.16 Å². The van der Waals surface area contributed by atoms with Gasteiger partial charge in [-0.25, -0.2) is 4.79 Å². The summed E-state index contributed by atoms with van der Waals surface area (Å²) in [6.07, 6.45) is 0. The van der Waals surface area contributed by atoms with Gasteiger partial charge >= 0.3 is 5.63 Å². The molecule has 136 valence electrons. The van der Waals surface area contributed by atoms with Gasteiger partial charge < -0.3 is 13.7 Å². The third-order valence-corrected chi connectivity index (χ3v) is 4.58. The average molecular weight is 369 g/mol.